The lowest BCUT2D eigenvalue weighted by Crippen LogP contribution is -2.45. The van der Waals surface area contributed by atoms with Crippen LogP contribution in [0.15, 0.2) is 20.9 Å². The third-order valence-electron chi connectivity index (χ3n) is 3.22. The second kappa shape index (κ2) is 10.8. The number of hydrogen-bond donors (Lipinski definition) is 2. The Morgan fingerprint density at radius 1 is 1.36 bits per heavy atom. The fraction of sp³-hybridized carbons (Fsp3) is 0.667. The summed E-state index contributed by atoms with van der Waals surface area (Å²) < 4.78 is 6.71. The summed E-state index contributed by atoms with van der Waals surface area (Å²) in [5, 5.41) is 6.66. The van der Waals surface area contributed by atoms with Crippen LogP contribution in [0.5, 0.6) is 0 Å². The monoisotopic (exact) mass is 503 g/mol. The molecule has 1 rings (SSSR count). The summed E-state index contributed by atoms with van der Waals surface area (Å²) in [5.41, 5.74) is 0.101. The van der Waals surface area contributed by atoms with Crippen LogP contribution in [0.1, 0.15) is 25.6 Å². The van der Waals surface area contributed by atoms with Crippen LogP contribution in [-0.2, 0) is 11.2 Å². The minimum absolute atomic E-state index is 0. The molecule has 2 N–H and O–H groups in total. The smallest absolute Gasteiger partial charge is 0.191 e. The van der Waals surface area contributed by atoms with Gasteiger partial charge >= 0.3 is 0 Å². The third kappa shape index (κ3) is 8.12. The van der Waals surface area contributed by atoms with Gasteiger partial charge in [-0.3, -0.25) is 4.99 Å². The zero-order chi connectivity index (χ0) is 15.9. The number of methoxy groups -OCH3 is 1. The van der Waals surface area contributed by atoms with Crippen LogP contribution in [0.25, 0.3) is 0 Å². The average Bonchev–Trinajstić information content (AvgIpc) is 2.81. The summed E-state index contributed by atoms with van der Waals surface area (Å²) in [5.74, 6) is 0.817. The number of hydrogen-bond acceptors (Lipinski definition) is 3. The second-order valence-electron chi connectivity index (χ2n) is 5.93. The first-order chi connectivity index (χ1) is 9.86. The van der Waals surface area contributed by atoms with Gasteiger partial charge in [0.15, 0.2) is 5.96 Å². The Morgan fingerprint density at radius 2 is 2.05 bits per heavy atom. The molecule has 22 heavy (non-hydrogen) atoms. The topological polar surface area (TPSA) is 45.7 Å². The van der Waals surface area contributed by atoms with Gasteiger partial charge in [0, 0.05) is 32.1 Å². The molecule has 4 nitrogen and oxygen atoms in total. The van der Waals surface area contributed by atoms with Crippen molar-refractivity contribution in [2.75, 3.05) is 27.2 Å². The normalized spacial score (nSPS) is 13.5. The lowest BCUT2D eigenvalue weighted by atomic mass is 9.89. The van der Waals surface area contributed by atoms with E-state index in [1.807, 2.05) is 0 Å². The maximum Gasteiger partial charge on any atom is 0.191 e. The molecule has 1 unspecified atom stereocenters. The van der Waals surface area contributed by atoms with E-state index in [2.05, 4.69) is 64.5 Å². The predicted molar refractivity (Wildman–Crippen MR) is 111 cm³/mol. The van der Waals surface area contributed by atoms with Gasteiger partial charge in [0.2, 0.25) is 0 Å². The van der Waals surface area contributed by atoms with Crippen LogP contribution in [0.3, 0.4) is 0 Å². The van der Waals surface area contributed by atoms with Gasteiger partial charge in [-0.1, -0.05) is 20.8 Å². The molecule has 0 saturated heterocycles. The summed E-state index contributed by atoms with van der Waals surface area (Å²) in [6.45, 7) is 8.12. The highest BCUT2D eigenvalue weighted by Gasteiger charge is 2.24. The van der Waals surface area contributed by atoms with E-state index in [0.29, 0.717) is 0 Å². The van der Waals surface area contributed by atoms with Gasteiger partial charge in [0.05, 0.1) is 9.89 Å². The van der Waals surface area contributed by atoms with E-state index in [4.69, 9.17) is 4.74 Å². The van der Waals surface area contributed by atoms with E-state index in [-0.39, 0.29) is 35.5 Å². The second-order valence-corrected chi connectivity index (χ2v) is 8.47. The van der Waals surface area contributed by atoms with Crippen LogP contribution in [0.2, 0.25) is 0 Å². The highest BCUT2D eigenvalue weighted by molar-refractivity contribution is 14.0. The van der Waals surface area contributed by atoms with Gasteiger partial charge < -0.3 is 15.4 Å². The Bertz CT molecular complexity index is 460. The fourth-order valence-electron chi connectivity index (χ4n) is 1.94. The van der Waals surface area contributed by atoms with Crippen molar-refractivity contribution in [2.45, 2.75) is 33.3 Å². The van der Waals surface area contributed by atoms with Crippen molar-refractivity contribution in [3.05, 3.63) is 20.8 Å². The Hall–Kier alpha value is 0.140. The molecule has 1 aromatic heterocycles. The van der Waals surface area contributed by atoms with Crippen molar-refractivity contribution in [2.24, 2.45) is 10.4 Å². The van der Waals surface area contributed by atoms with Crippen molar-refractivity contribution in [3.8, 4) is 0 Å². The minimum atomic E-state index is 0. The van der Waals surface area contributed by atoms with Crippen molar-refractivity contribution < 1.29 is 4.74 Å². The van der Waals surface area contributed by atoms with E-state index < -0.39 is 0 Å². The summed E-state index contributed by atoms with van der Waals surface area (Å²) >= 11 is 5.25. The molecule has 0 spiro atoms. The molecular weight excluding hydrogens is 477 g/mol. The molecule has 0 saturated carbocycles. The molecule has 0 bridgehead atoms. The number of thiophene rings is 1. The molecular formula is C15H27BrIN3OS. The maximum atomic E-state index is 5.54. The van der Waals surface area contributed by atoms with Gasteiger partial charge in [-0.2, -0.15) is 0 Å². The zero-order valence-electron chi connectivity index (χ0n) is 13.9. The molecule has 0 fully saturated rings. The molecule has 0 radical (unpaired) electrons. The lowest BCUT2D eigenvalue weighted by Gasteiger charge is -2.30. The van der Waals surface area contributed by atoms with Crippen molar-refractivity contribution in [1.29, 1.82) is 0 Å². The largest absolute Gasteiger partial charge is 0.379 e. The number of nitrogens with zero attached hydrogens (tertiary/aromatic N) is 1. The van der Waals surface area contributed by atoms with Crippen LogP contribution in [0.4, 0.5) is 0 Å². The van der Waals surface area contributed by atoms with Gasteiger partial charge in [-0.15, -0.1) is 35.3 Å². The summed E-state index contributed by atoms with van der Waals surface area (Å²) in [7, 11) is 3.54. The first-order valence-electron chi connectivity index (χ1n) is 7.08. The maximum absolute atomic E-state index is 5.54. The molecule has 1 heterocycles. The van der Waals surface area contributed by atoms with Crippen molar-refractivity contribution >= 4 is 57.2 Å². The van der Waals surface area contributed by atoms with Gasteiger partial charge in [-0.25, -0.2) is 0 Å². The number of halogens is 2. The molecule has 0 aliphatic rings. The van der Waals surface area contributed by atoms with E-state index in [1.165, 1.54) is 8.66 Å². The number of rotatable bonds is 6. The first-order valence-corrected chi connectivity index (χ1v) is 8.69. The molecule has 128 valence electrons. The van der Waals surface area contributed by atoms with Gasteiger partial charge in [0.1, 0.15) is 0 Å². The highest BCUT2D eigenvalue weighted by atomic mass is 127. The van der Waals surface area contributed by atoms with Crippen molar-refractivity contribution in [1.82, 2.24) is 10.6 Å². The summed E-state index contributed by atoms with van der Waals surface area (Å²) in [6, 6.07) is 4.23. The summed E-state index contributed by atoms with van der Waals surface area (Å²) in [6.07, 6.45) is 1.13. The Balaban J connectivity index is 0.00000441. The van der Waals surface area contributed by atoms with Crippen LogP contribution < -0.4 is 10.6 Å². The number of ether oxygens (including phenoxy) is 1. The Morgan fingerprint density at radius 3 is 2.50 bits per heavy atom. The van der Waals surface area contributed by atoms with Crippen LogP contribution in [0, 0.1) is 5.41 Å². The van der Waals surface area contributed by atoms with Gasteiger partial charge in [-0.05, 0) is 39.9 Å². The summed E-state index contributed by atoms with van der Waals surface area (Å²) in [4.78, 5) is 5.60. The van der Waals surface area contributed by atoms with Crippen LogP contribution >= 0.6 is 51.2 Å². The highest BCUT2D eigenvalue weighted by Crippen LogP contribution is 2.22. The van der Waals surface area contributed by atoms with E-state index in [9.17, 15) is 0 Å². The Labute approximate surface area is 163 Å². The average molecular weight is 504 g/mol. The molecule has 1 aromatic rings. The lowest BCUT2D eigenvalue weighted by molar-refractivity contribution is 0.0205. The third-order valence-corrected chi connectivity index (χ3v) is 4.91. The SMILES string of the molecule is CN=C(NCCc1ccc(Br)s1)NCC(OC)C(C)(C)C.I. The van der Waals surface area contributed by atoms with Crippen LogP contribution in [-0.4, -0.2) is 39.3 Å². The molecule has 7 heteroatoms. The van der Waals surface area contributed by atoms with E-state index in [0.717, 1.165) is 25.5 Å². The number of nitrogens with one attached hydrogen (secondary N) is 2. The molecule has 1 atom stereocenters. The number of guanidine groups is 1. The molecule has 0 aliphatic carbocycles. The number of aliphatic imine (C=N–C) groups is 1. The standard InChI is InChI=1S/C15H26BrN3OS.HI/c1-15(2,3)12(20-5)10-19-14(17-4)18-9-8-11-6-7-13(16)21-11;/h6-7,12H,8-10H2,1-5H3,(H2,17,18,19);1H. The van der Waals surface area contributed by atoms with E-state index >= 15 is 0 Å². The quantitative estimate of drug-likeness (QED) is 0.351. The van der Waals surface area contributed by atoms with Gasteiger partial charge in [0.25, 0.3) is 0 Å². The zero-order valence-corrected chi connectivity index (χ0v) is 18.6. The fourth-order valence-corrected chi connectivity index (χ4v) is 3.43. The molecule has 0 amide bonds. The van der Waals surface area contributed by atoms with Crippen molar-refractivity contribution in [3.63, 3.8) is 0 Å². The van der Waals surface area contributed by atoms with E-state index in [1.54, 1.807) is 25.5 Å². The minimum Gasteiger partial charge on any atom is -0.379 e. The molecule has 0 aromatic carbocycles. The first kappa shape index (κ1) is 22.1. The molecule has 0 aliphatic heterocycles. The predicted octanol–water partition coefficient (Wildman–Crippen LogP) is 3.90. The Kier molecular flexibility index (Phi) is 10.9.